The quantitative estimate of drug-likeness (QED) is 0.454. The second-order valence-corrected chi connectivity index (χ2v) is 9.23. The Morgan fingerprint density at radius 2 is 1.53 bits per heavy atom. The molecule has 9 heteroatoms. The van der Waals surface area contributed by atoms with Gasteiger partial charge < -0.3 is 24.9 Å². The highest BCUT2D eigenvalue weighted by Gasteiger charge is 2.65. The third kappa shape index (κ3) is 2.15. The summed E-state index contributed by atoms with van der Waals surface area (Å²) >= 11 is 0. The molecule has 0 radical (unpaired) electrons. The van der Waals surface area contributed by atoms with Crippen LogP contribution in [0.3, 0.4) is 0 Å². The molecular formula is C8H17NO6P2. The zero-order valence-corrected chi connectivity index (χ0v) is 11.0. The van der Waals surface area contributed by atoms with Crippen LogP contribution in [0.15, 0.2) is 0 Å². The van der Waals surface area contributed by atoms with Crippen molar-refractivity contribution in [1.82, 2.24) is 5.32 Å². The summed E-state index contributed by atoms with van der Waals surface area (Å²) in [6.07, 6.45) is 0.541. The lowest BCUT2D eigenvalue weighted by Gasteiger charge is -2.30. The van der Waals surface area contributed by atoms with Gasteiger partial charge in [0.2, 0.25) is 0 Å². The summed E-state index contributed by atoms with van der Waals surface area (Å²) < 4.78 is 23.1. The van der Waals surface area contributed by atoms with E-state index in [1.54, 1.807) is 0 Å². The molecule has 1 aliphatic carbocycles. The van der Waals surface area contributed by atoms with Crippen molar-refractivity contribution in [3.63, 3.8) is 0 Å². The molecule has 5 N–H and O–H groups in total. The number of fused-ring (bicyclic) bond motifs is 1. The molecule has 1 saturated heterocycles. The largest absolute Gasteiger partial charge is 0.343 e. The fourth-order valence-corrected chi connectivity index (χ4v) is 6.30. The molecule has 100 valence electrons. The van der Waals surface area contributed by atoms with Crippen LogP contribution in [0.4, 0.5) is 0 Å². The molecule has 2 atom stereocenters. The Bertz CT molecular complexity index is 363. The van der Waals surface area contributed by atoms with Crippen LogP contribution in [-0.4, -0.2) is 37.6 Å². The van der Waals surface area contributed by atoms with Crippen LogP contribution in [0.1, 0.15) is 19.3 Å². The molecule has 17 heavy (non-hydrogen) atoms. The van der Waals surface area contributed by atoms with E-state index in [9.17, 15) is 28.7 Å². The van der Waals surface area contributed by atoms with Crippen molar-refractivity contribution in [2.45, 2.75) is 24.2 Å². The Morgan fingerprint density at radius 1 is 1.00 bits per heavy atom. The summed E-state index contributed by atoms with van der Waals surface area (Å²) in [6, 6.07) is 0. The molecular weight excluding hydrogens is 268 g/mol. The Morgan fingerprint density at radius 3 is 2.00 bits per heavy atom. The molecule has 0 aromatic rings. The summed E-state index contributed by atoms with van der Waals surface area (Å²) in [4.78, 5) is 35.2. The van der Waals surface area contributed by atoms with Crippen LogP contribution in [-0.2, 0) is 9.13 Å². The minimum Gasteiger partial charge on any atom is -0.324 e. The standard InChI is InChI=1S/C8H17NO6P2/c10-16(11,12)8(17(13,14)15)3-6-1-2-9-5-7(6)4-8/h6-7,9H,1-5H2,(H2,10,11,12)(H2,13,14,15). The highest BCUT2D eigenvalue weighted by Crippen LogP contribution is 2.76. The molecule has 7 nitrogen and oxygen atoms in total. The molecule has 2 rings (SSSR count). The van der Waals surface area contributed by atoms with Crippen molar-refractivity contribution in [1.29, 1.82) is 0 Å². The zero-order valence-electron chi connectivity index (χ0n) is 9.19. The molecule has 1 saturated carbocycles. The second kappa shape index (κ2) is 4.14. The molecule has 0 spiro atoms. The lowest BCUT2D eigenvalue weighted by atomic mass is 9.90. The van der Waals surface area contributed by atoms with Gasteiger partial charge in [0.25, 0.3) is 0 Å². The minimum absolute atomic E-state index is 0.00324. The first kappa shape index (κ1) is 13.7. The van der Waals surface area contributed by atoms with Gasteiger partial charge in [0.15, 0.2) is 4.90 Å². The Balaban J connectivity index is 2.39. The SMILES string of the molecule is O=P(O)(O)C1(P(=O)(O)O)CC2CCNCC2C1. The van der Waals surface area contributed by atoms with E-state index in [4.69, 9.17) is 0 Å². The summed E-state index contributed by atoms with van der Waals surface area (Å²) in [5.41, 5.74) is 0. The maximum absolute atomic E-state index is 11.5. The number of nitrogens with one attached hydrogen (secondary N) is 1. The third-order valence-electron chi connectivity index (χ3n) is 4.03. The number of piperidine rings is 1. The van der Waals surface area contributed by atoms with Gasteiger partial charge >= 0.3 is 15.2 Å². The summed E-state index contributed by atoms with van der Waals surface area (Å²) in [6.45, 7) is 1.31. The van der Waals surface area contributed by atoms with Crippen LogP contribution in [0.2, 0.25) is 0 Å². The molecule has 2 fully saturated rings. The van der Waals surface area contributed by atoms with Crippen molar-refractivity contribution in [3.8, 4) is 0 Å². The topological polar surface area (TPSA) is 127 Å². The lowest BCUT2D eigenvalue weighted by molar-refractivity contribution is 0.295. The van der Waals surface area contributed by atoms with Gasteiger partial charge in [-0.3, -0.25) is 9.13 Å². The van der Waals surface area contributed by atoms with Crippen molar-refractivity contribution < 1.29 is 28.7 Å². The van der Waals surface area contributed by atoms with E-state index in [0.717, 1.165) is 6.54 Å². The Hall–Kier alpha value is 0.260. The summed E-state index contributed by atoms with van der Waals surface area (Å²) in [5, 5.41) is 3.09. The van der Waals surface area contributed by atoms with E-state index < -0.39 is 20.1 Å². The van der Waals surface area contributed by atoms with Gasteiger partial charge in [0, 0.05) is 0 Å². The van der Waals surface area contributed by atoms with Gasteiger partial charge in [0.1, 0.15) is 0 Å². The summed E-state index contributed by atoms with van der Waals surface area (Å²) in [5.74, 6) is -0.0551. The smallest absolute Gasteiger partial charge is 0.324 e. The van der Waals surface area contributed by atoms with E-state index in [1.165, 1.54) is 0 Å². The average molecular weight is 285 g/mol. The zero-order chi connectivity index (χ0) is 12.9. The Labute approximate surface area is 98.9 Å². The van der Waals surface area contributed by atoms with E-state index in [-0.39, 0.29) is 24.7 Å². The normalized spacial score (nSPS) is 33.4. The van der Waals surface area contributed by atoms with Crippen LogP contribution in [0, 0.1) is 11.8 Å². The maximum Gasteiger partial charge on any atom is 0.343 e. The third-order valence-corrected chi connectivity index (χ3v) is 8.49. The number of rotatable bonds is 2. The highest BCUT2D eigenvalue weighted by atomic mass is 31.2. The van der Waals surface area contributed by atoms with Gasteiger partial charge in [-0.05, 0) is 44.2 Å². The average Bonchev–Trinajstić information content (AvgIpc) is 2.55. The molecule has 2 aliphatic rings. The minimum atomic E-state index is -4.83. The molecule has 1 heterocycles. The van der Waals surface area contributed by atoms with Crippen molar-refractivity contribution >= 4 is 15.2 Å². The van der Waals surface area contributed by atoms with Gasteiger partial charge in [0.05, 0.1) is 0 Å². The van der Waals surface area contributed by atoms with Crippen LogP contribution in [0.5, 0.6) is 0 Å². The van der Waals surface area contributed by atoms with Crippen LogP contribution < -0.4 is 5.32 Å². The molecule has 0 amide bonds. The first-order valence-electron chi connectivity index (χ1n) is 5.49. The summed E-state index contributed by atoms with van der Waals surface area (Å²) in [7, 11) is -9.66. The van der Waals surface area contributed by atoms with Gasteiger partial charge in [-0.25, -0.2) is 0 Å². The van der Waals surface area contributed by atoms with E-state index in [1.807, 2.05) is 0 Å². The predicted octanol–water partition coefficient (Wildman–Crippen LogP) is 0.0576. The Kier molecular flexibility index (Phi) is 3.33. The maximum atomic E-state index is 11.5. The van der Waals surface area contributed by atoms with E-state index in [0.29, 0.717) is 13.0 Å². The monoisotopic (exact) mass is 285 g/mol. The van der Waals surface area contributed by atoms with Crippen molar-refractivity contribution in [2.24, 2.45) is 11.8 Å². The lowest BCUT2D eigenvalue weighted by Crippen LogP contribution is -2.33. The van der Waals surface area contributed by atoms with Crippen LogP contribution in [0.25, 0.3) is 0 Å². The highest BCUT2D eigenvalue weighted by molar-refractivity contribution is 7.72. The van der Waals surface area contributed by atoms with Crippen LogP contribution >= 0.6 is 15.2 Å². The second-order valence-electron chi connectivity index (χ2n) is 4.99. The molecule has 0 aromatic carbocycles. The molecule has 2 unspecified atom stereocenters. The molecule has 0 aromatic heterocycles. The number of hydrogen-bond acceptors (Lipinski definition) is 3. The van der Waals surface area contributed by atoms with Gasteiger partial charge in [-0.15, -0.1) is 0 Å². The first-order chi connectivity index (χ1) is 7.67. The first-order valence-corrected chi connectivity index (χ1v) is 8.72. The van der Waals surface area contributed by atoms with Gasteiger partial charge in [-0.1, -0.05) is 0 Å². The fourth-order valence-electron chi connectivity index (χ4n) is 3.05. The predicted molar refractivity (Wildman–Crippen MR) is 60.5 cm³/mol. The fraction of sp³-hybridized carbons (Fsp3) is 1.00. The van der Waals surface area contributed by atoms with Crippen molar-refractivity contribution in [2.75, 3.05) is 13.1 Å². The molecule has 1 aliphatic heterocycles. The molecule has 0 bridgehead atoms. The van der Waals surface area contributed by atoms with Crippen molar-refractivity contribution in [3.05, 3.63) is 0 Å². The number of hydrogen-bond donors (Lipinski definition) is 5. The van der Waals surface area contributed by atoms with E-state index >= 15 is 0 Å². The van der Waals surface area contributed by atoms with E-state index in [2.05, 4.69) is 5.32 Å². The van der Waals surface area contributed by atoms with Gasteiger partial charge in [-0.2, -0.15) is 0 Å².